The Morgan fingerprint density at radius 1 is 1.07 bits per heavy atom. The number of ether oxygens (including phenoxy) is 1. The highest BCUT2D eigenvalue weighted by atomic mass is 35.5. The number of esters is 1. The number of nitrogens with one attached hydrogen (secondary N) is 1. The van der Waals surface area contributed by atoms with Crippen LogP contribution in [0.5, 0.6) is 0 Å². The van der Waals surface area contributed by atoms with Crippen LogP contribution in [0.4, 0.5) is 13.2 Å². The van der Waals surface area contributed by atoms with Crippen LogP contribution in [0.1, 0.15) is 21.7 Å². The van der Waals surface area contributed by atoms with Gasteiger partial charge in [-0.1, -0.05) is 28.9 Å². The number of carbonyl (C=O) groups excluding carboxylic acids is 2. The number of carbonyl (C=O) groups is 2. The van der Waals surface area contributed by atoms with Gasteiger partial charge in [0.15, 0.2) is 12.4 Å². The van der Waals surface area contributed by atoms with Crippen molar-refractivity contribution in [1.82, 2.24) is 10.5 Å². The highest BCUT2D eigenvalue weighted by Gasteiger charge is 2.30. The molecule has 30 heavy (non-hydrogen) atoms. The molecule has 3 rings (SSSR count). The smallest absolute Gasteiger partial charge is 0.416 e. The summed E-state index contributed by atoms with van der Waals surface area (Å²) in [5.41, 5.74) is 0.417. The fraction of sp³-hybridized carbons (Fsp3) is 0.150. The first-order valence-electron chi connectivity index (χ1n) is 8.55. The summed E-state index contributed by atoms with van der Waals surface area (Å²) in [6.45, 7) is -0.659. The van der Waals surface area contributed by atoms with Gasteiger partial charge < -0.3 is 14.6 Å². The zero-order valence-corrected chi connectivity index (χ0v) is 16.0. The molecular weight excluding hydrogens is 425 g/mol. The summed E-state index contributed by atoms with van der Waals surface area (Å²) in [5, 5.41) is 6.73. The first-order chi connectivity index (χ1) is 14.2. The molecule has 2 aromatic carbocycles. The molecule has 10 heteroatoms. The topological polar surface area (TPSA) is 81.4 Å². The molecule has 1 amide bonds. The summed E-state index contributed by atoms with van der Waals surface area (Å²) >= 11 is 5.83. The largest absolute Gasteiger partial charge is 0.456 e. The number of amides is 1. The molecular formula is C20H14ClF3N2O4. The van der Waals surface area contributed by atoms with E-state index in [1.165, 1.54) is 0 Å². The van der Waals surface area contributed by atoms with E-state index < -0.39 is 30.2 Å². The van der Waals surface area contributed by atoms with Gasteiger partial charge in [-0.15, -0.1) is 0 Å². The maximum absolute atomic E-state index is 12.5. The van der Waals surface area contributed by atoms with Gasteiger partial charge in [0, 0.05) is 22.2 Å². The number of hydrogen-bond acceptors (Lipinski definition) is 5. The van der Waals surface area contributed by atoms with E-state index >= 15 is 0 Å². The van der Waals surface area contributed by atoms with Crippen molar-refractivity contribution in [3.63, 3.8) is 0 Å². The first kappa shape index (κ1) is 21.4. The van der Waals surface area contributed by atoms with E-state index in [-0.39, 0.29) is 12.2 Å². The summed E-state index contributed by atoms with van der Waals surface area (Å²) in [6, 6.07) is 12.1. The van der Waals surface area contributed by atoms with E-state index in [0.29, 0.717) is 16.5 Å². The second kappa shape index (κ2) is 9.00. The maximum Gasteiger partial charge on any atom is 0.416 e. The number of benzene rings is 2. The zero-order valence-electron chi connectivity index (χ0n) is 15.2. The summed E-state index contributed by atoms with van der Waals surface area (Å²) in [5.74, 6) is -1.16. The van der Waals surface area contributed by atoms with Crippen molar-refractivity contribution in [1.29, 1.82) is 0 Å². The first-order valence-corrected chi connectivity index (χ1v) is 8.93. The van der Waals surface area contributed by atoms with Gasteiger partial charge in [-0.3, -0.25) is 9.59 Å². The Morgan fingerprint density at radius 2 is 1.73 bits per heavy atom. The summed E-state index contributed by atoms with van der Waals surface area (Å²) in [4.78, 5) is 23.7. The molecule has 3 aromatic rings. The lowest BCUT2D eigenvalue weighted by atomic mass is 10.1. The van der Waals surface area contributed by atoms with Crippen LogP contribution in [0.25, 0.3) is 11.3 Å². The van der Waals surface area contributed by atoms with Crippen molar-refractivity contribution in [2.75, 3.05) is 6.54 Å². The van der Waals surface area contributed by atoms with E-state index in [0.717, 1.165) is 29.8 Å². The van der Waals surface area contributed by atoms with Crippen LogP contribution in [-0.4, -0.2) is 23.6 Å². The van der Waals surface area contributed by atoms with Crippen LogP contribution in [0.15, 0.2) is 59.1 Å². The van der Waals surface area contributed by atoms with E-state index in [4.69, 9.17) is 20.9 Å². The normalized spacial score (nSPS) is 11.2. The quantitative estimate of drug-likeness (QED) is 0.574. The van der Waals surface area contributed by atoms with Gasteiger partial charge in [0.25, 0.3) is 5.91 Å². The average Bonchev–Trinajstić information content (AvgIpc) is 3.19. The van der Waals surface area contributed by atoms with E-state index in [2.05, 4.69) is 10.5 Å². The Hall–Kier alpha value is -3.33. The fourth-order valence-corrected chi connectivity index (χ4v) is 2.53. The van der Waals surface area contributed by atoms with Gasteiger partial charge in [-0.25, -0.2) is 0 Å². The van der Waals surface area contributed by atoms with Gasteiger partial charge in [0.05, 0.1) is 5.56 Å². The molecule has 6 nitrogen and oxygen atoms in total. The minimum absolute atomic E-state index is 0.0151. The molecule has 0 fully saturated rings. The molecule has 0 saturated heterocycles. The van der Waals surface area contributed by atoms with Crippen molar-refractivity contribution in [2.24, 2.45) is 0 Å². The van der Waals surface area contributed by atoms with Crippen LogP contribution in [0, 0.1) is 0 Å². The second-order valence-corrected chi connectivity index (χ2v) is 6.54. The second-order valence-electron chi connectivity index (χ2n) is 6.10. The number of hydrogen-bond donors (Lipinski definition) is 1. The van der Waals surface area contributed by atoms with Gasteiger partial charge in [-0.05, 0) is 36.4 Å². The number of rotatable bonds is 6. The number of aromatic nitrogens is 1. The highest BCUT2D eigenvalue weighted by molar-refractivity contribution is 6.30. The number of alkyl halides is 3. The lowest BCUT2D eigenvalue weighted by Crippen LogP contribution is -2.30. The highest BCUT2D eigenvalue weighted by Crippen LogP contribution is 2.29. The third-order valence-corrected chi connectivity index (χ3v) is 4.19. The molecule has 1 heterocycles. The minimum atomic E-state index is -4.49. The van der Waals surface area contributed by atoms with Gasteiger partial charge in [-0.2, -0.15) is 13.2 Å². The van der Waals surface area contributed by atoms with Crippen molar-refractivity contribution in [3.8, 4) is 11.3 Å². The van der Waals surface area contributed by atoms with Crippen LogP contribution < -0.4 is 5.32 Å². The minimum Gasteiger partial charge on any atom is -0.456 e. The Balaban J connectivity index is 1.47. The molecule has 0 aliphatic carbocycles. The number of halogens is 4. The molecule has 0 atom stereocenters. The maximum atomic E-state index is 12.5. The van der Waals surface area contributed by atoms with Gasteiger partial charge in [0.1, 0.15) is 12.2 Å². The number of nitrogens with zero attached hydrogens (tertiary/aromatic N) is 1. The molecule has 0 unspecified atom stereocenters. The summed E-state index contributed by atoms with van der Waals surface area (Å²) < 4.78 is 47.7. The molecule has 0 bridgehead atoms. The molecule has 156 valence electrons. The third-order valence-electron chi connectivity index (χ3n) is 3.94. The lowest BCUT2D eigenvalue weighted by molar-refractivity contribution is -0.144. The molecule has 0 saturated carbocycles. The van der Waals surface area contributed by atoms with E-state index in [1.54, 1.807) is 30.3 Å². The molecule has 1 aromatic heterocycles. The molecule has 0 aliphatic heterocycles. The molecule has 0 spiro atoms. The van der Waals surface area contributed by atoms with Crippen molar-refractivity contribution < 1.29 is 32.0 Å². The predicted octanol–water partition coefficient (Wildman–Crippen LogP) is 4.49. The zero-order chi connectivity index (χ0) is 21.7. The summed E-state index contributed by atoms with van der Waals surface area (Å²) in [7, 11) is 0. The van der Waals surface area contributed by atoms with Crippen molar-refractivity contribution >= 4 is 23.5 Å². The Morgan fingerprint density at radius 3 is 2.37 bits per heavy atom. The Bertz CT molecular complexity index is 1030. The lowest BCUT2D eigenvalue weighted by Gasteiger charge is -2.08. The fourth-order valence-electron chi connectivity index (χ4n) is 2.41. The molecule has 0 aliphatic rings. The van der Waals surface area contributed by atoms with E-state index in [1.807, 2.05) is 0 Å². The van der Waals surface area contributed by atoms with Crippen molar-refractivity contribution in [2.45, 2.75) is 12.8 Å². The summed E-state index contributed by atoms with van der Waals surface area (Å²) in [6.07, 6.45) is -4.49. The monoisotopic (exact) mass is 438 g/mol. The molecule has 1 N–H and O–H groups in total. The predicted molar refractivity (Wildman–Crippen MR) is 101 cm³/mol. The van der Waals surface area contributed by atoms with Crippen LogP contribution in [0.2, 0.25) is 5.02 Å². The van der Waals surface area contributed by atoms with Crippen LogP contribution in [-0.2, 0) is 22.3 Å². The van der Waals surface area contributed by atoms with Crippen LogP contribution in [0.3, 0.4) is 0 Å². The Kier molecular flexibility index (Phi) is 6.41. The van der Waals surface area contributed by atoms with Crippen molar-refractivity contribution in [3.05, 3.63) is 76.5 Å². The Labute approximate surface area is 173 Å². The average molecular weight is 439 g/mol. The van der Waals surface area contributed by atoms with E-state index in [9.17, 15) is 22.8 Å². The standard InChI is InChI=1S/C20H14ClF3N2O4/c21-15-7-3-12(4-8-15)17-9-16(30-26-17)11-29-18(27)10-25-19(28)13-1-5-14(6-2-13)20(22,23)24/h1-9H,10-11H2,(H,25,28). The molecule has 0 radical (unpaired) electrons. The van der Waals surface area contributed by atoms with Crippen LogP contribution >= 0.6 is 11.6 Å². The van der Waals surface area contributed by atoms with Gasteiger partial charge in [0.2, 0.25) is 0 Å². The van der Waals surface area contributed by atoms with Gasteiger partial charge >= 0.3 is 12.1 Å². The third kappa shape index (κ3) is 5.60. The SMILES string of the molecule is O=C(CNC(=O)c1ccc(C(F)(F)F)cc1)OCc1cc(-c2ccc(Cl)cc2)no1.